The molecular weight excluding hydrogens is 252 g/mol. The molecule has 1 aromatic rings. The molecule has 0 N–H and O–H groups in total. The van der Waals surface area contributed by atoms with E-state index in [4.69, 9.17) is 4.74 Å². The first-order valence-corrected chi connectivity index (χ1v) is 7.12. The van der Waals surface area contributed by atoms with Crippen LogP contribution in [-0.2, 0) is 11.3 Å². The number of aliphatic imine (C=N–C) groups is 1. The van der Waals surface area contributed by atoms with Gasteiger partial charge in [-0.25, -0.2) is 4.79 Å². The maximum absolute atomic E-state index is 12.1. The van der Waals surface area contributed by atoms with Crippen molar-refractivity contribution in [3.63, 3.8) is 0 Å². The predicted molar refractivity (Wildman–Crippen MR) is 79.9 cm³/mol. The van der Waals surface area contributed by atoms with Crippen LogP contribution in [0.25, 0.3) is 0 Å². The molecule has 20 heavy (non-hydrogen) atoms. The molecule has 1 unspecified atom stereocenters. The van der Waals surface area contributed by atoms with Gasteiger partial charge in [-0.3, -0.25) is 0 Å². The average Bonchev–Trinajstić information content (AvgIpc) is 2.89. The van der Waals surface area contributed by atoms with Crippen molar-refractivity contribution in [2.75, 3.05) is 20.1 Å². The van der Waals surface area contributed by atoms with Gasteiger partial charge in [-0.15, -0.1) is 0 Å². The molecule has 0 bridgehead atoms. The molecule has 1 fully saturated rings. The fourth-order valence-electron chi connectivity index (χ4n) is 2.65. The van der Waals surface area contributed by atoms with Crippen molar-refractivity contribution < 1.29 is 9.53 Å². The lowest BCUT2D eigenvalue weighted by Gasteiger charge is -2.16. The molecule has 0 radical (unpaired) electrons. The van der Waals surface area contributed by atoms with Gasteiger partial charge in [0.2, 0.25) is 0 Å². The fraction of sp³-hybridized carbons (Fsp3) is 0.500. The molecule has 1 saturated heterocycles. The summed E-state index contributed by atoms with van der Waals surface area (Å²) in [6.07, 6.45) is 2.79. The van der Waals surface area contributed by atoms with Crippen molar-refractivity contribution >= 4 is 12.3 Å². The van der Waals surface area contributed by atoms with Crippen LogP contribution in [0.15, 0.2) is 35.3 Å². The lowest BCUT2D eigenvalue weighted by atomic mass is 9.95. The molecule has 4 heteroatoms. The van der Waals surface area contributed by atoms with Crippen LogP contribution in [0.2, 0.25) is 0 Å². The van der Waals surface area contributed by atoms with Crippen LogP contribution < -0.4 is 0 Å². The highest BCUT2D eigenvalue weighted by molar-refractivity contribution is 5.70. The monoisotopic (exact) mass is 274 g/mol. The quantitative estimate of drug-likeness (QED) is 0.792. The molecule has 0 spiro atoms. The maximum Gasteiger partial charge on any atom is 0.410 e. The van der Waals surface area contributed by atoms with Crippen LogP contribution in [0.3, 0.4) is 0 Å². The second-order valence-electron chi connectivity index (χ2n) is 5.18. The summed E-state index contributed by atoms with van der Waals surface area (Å²) < 4.78 is 5.37. The van der Waals surface area contributed by atoms with Gasteiger partial charge in [-0.1, -0.05) is 43.7 Å². The van der Waals surface area contributed by atoms with Crippen molar-refractivity contribution in [1.82, 2.24) is 4.90 Å². The van der Waals surface area contributed by atoms with Crippen molar-refractivity contribution in [2.24, 2.45) is 16.8 Å². The van der Waals surface area contributed by atoms with Gasteiger partial charge in [0, 0.05) is 32.3 Å². The number of benzene rings is 1. The molecule has 0 aromatic heterocycles. The van der Waals surface area contributed by atoms with E-state index in [1.807, 2.05) is 36.5 Å². The number of ether oxygens (including phenoxy) is 1. The minimum Gasteiger partial charge on any atom is -0.445 e. The zero-order valence-corrected chi connectivity index (χ0v) is 12.2. The van der Waals surface area contributed by atoms with Crippen LogP contribution in [-0.4, -0.2) is 37.3 Å². The number of likely N-dealkylation sites (tertiary alicyclic amines) is 1. The molecule has 4 nitrogen and oxygen atoms in total. The molecule has 2 rings (SSSR count). The van der Waals surface area contributed by atoms with E-state index in [9.17, 15) is 4.79 Å². The van der Waals surface area contributed by atoms with Gasteiger partial charge in [0.15, 0.2) is 0 Å². The topological polar surface area (TPSA) is 41.9 Å². The molecule has 2 atom stereocenters. The first-order valence-electron chi connectivity index (χ1n) is 7.12. The van der Waals surface area contributed by atoms with E-state index >= 15 is 0 Å². The van der Waals surface area contributed by atoms with Crippen molar-refractivity contribution in [3.8, 4) is 0 Å². The van der Waals surface area contributed by atoms with Gasteiger partial charge >= 0.3 is 6.09 Å². The second kappa shape index (κ2) is 7.08. The van der Waals surface area contributed by atoms with E-state index in [1.165, 1.54) is 0 Å². The van der Waals surface area contributed by atoms with E-state index in [2.05, 4.69) is 11.9 Å². The zero-order valence-electron chi connectivity index (χ0n) is 12.2. The van der Waals surface area contributed by atoms with E-state index in [0.29, 0.717) is 25.0 Å². The van der Waals surface area contributed by atoms with Crippen LogP contribution in [0, 0.1) is 11.8 Å². The number of amides is 1. The minimum absolute atomic E-state index is 0.223. The van der Waals surface area contributed by atoms with Gasteiger partial charge in [0.1, 0.15) is 6.61 Å². The standard InChI is InChI=1S/C16H22N2O2/c1-3-14-10-18(11-15(14)9-17-2)16(19)20-12-13-7-5-4-6-8-13/h4-9,14-15H,3,10-12H2,1-2H3/b17-9+/t14-,15?/m1/s1. The van der Waals surface area contributed by atoms with E-state index in [-0.39, 0.29) is 6.09 Å². The second-order valence-corrected chi connectivity index (χ2v) is 5.18. The Labute approximate surface area is 120 Å². The Balaban J connectivity index is 1.87. The number of nitrogens with zero attached hydrogens (tertiary/aromatic N) is 2. The molecule has 1 amide bonds. The third-order valence-electron chi connectivity index (χ3n) is 3.82. The average molecular weight is 274 g/mol. The number of carbonyl (C=O) groups excluding carboxylic acids is 1. The molecule has 108 valence electrons. The lowest BCUT2D eigenvalue weighted by Crippen LogP contribution is -2.29. The summed E-state index contributed by atoms with van der Waals surface area (Å²) in [6, 6.07) is 9.75. The highest BCUT2D eigenvalue weighted by Crippen LogP contribution is 2.25. The molecule has 1 aliphatic rings. The number of carbonyl (C=O) groups is 1. The van der Waals surface area contributed by atoms with E-state index in [1.54, 1.807) is 11.9 Å². The van der Waals surface area contributed by atoms with Gasteiger partial charge in [0.05, 0.1) is 0 Å². The summed E-state index contributed by atoms with van der Waals surface area (Å²) in [5.41, 5.74) is 1.01. The highest BCUT2D eigenvalue weighted by Gasteiger charge is 2.33. The largest absolute Gasteiger partial charge is 0.445 e. The summed E-state index contributed by atoms with van der Waals surface area (Å²) in [5.74, 6) is 0.845. The Bertz CT molecular complexity index is 459. The summed E-state index contributed by atoms with van der Waals surface area (Å²) >= 11 is 0. The first-order chi connectivity index (χ1) is 9.74. The Kier molecular flexibility index (Phi) is 5.16. The Hall–Kier alpha value is -1.84. The van der Waals surface area contributed by atoms with E-state index < -0.39 is 0 Å². The fourth-order valence-corrected chi connectivity index (χ4v) is 2.65. The van der Waals surface area contributed by atoms with Crippen molar-refractivity contribution in [3.05, 3.63) is 35.9 Å². The smallest absolute Gasteiger partial charge is 0.410 e. The van der Waals surface area contributed by atoms with Crippen LogP contribution >= 0.6 is 0 Å². The van der Waals surface area contributed by atoms with Crippen molar-refractivity contribution in [2.45, 2.75) is 20.0 Å². The zero-order chi connectivity index (χ0) is 14.4. The summed E-state index contributed by atoms with van der Waals surface area (Å²) in [7, 11) is 1.78. The highest BCUT2D eigenvalue weighted by atomic mass is 16.6. The SMILES string of the molecule is CC[C@@H]1CN(C(=O)OCc2ccccc2)CC1/C=N/C. The van der Waals surface area contributed by atoms with Crippen LogP contribution in [0.1, 0.15) is 18.9 Å². The van der Waals surface area contributed by atoms with Gasteiger partial charge in [0.25, 0.3) is 0 Å². The number of hydrogen-bond acceptors (Lipinski definition) is 3. The lowest BCUT2D eigenvalue weighted by molar-refractivity contribution is 0.103. The molecule has 0 saturated carbocycles. The Morgan fingerprint density at radius 2 is 2.15 bits per heavy atom. The van der Waals surface area contributed by atoms with Gasteiger partial charge in [-0.05, 0) is 11.5 Å². The third kappa shape index (κ3) is 3.59. The normalized spacial score (nSPS) is 22.4. The maximum atomic E-state index is 12.1. The molecule has 1 aromatic carbocycles. The van der Waals surface area contributed by atoms with E-state index in [0.717, 1.165) is 18.5 Å². The summed E-state index contributed by atoms with van der Waals surface area (Å²) in [6.45, 7) is 3.96. The molecule has 1 heterocycles. The third-order valence-corrected chi connectivity index (χ3v) is 3.82. The molecular formula is C16H22N2O2. The predicted octanol–water partition coefficient (Wildman–Crippen LogP) is 2.98. The Morgan fingerprint density at radius 1 is 1.40 bits per heavy atom. The number of hydrogen-bond donors (Lipinski definition) is 0. The van der Waals surface area contributed by atoms with Gasteiger partial charge in [-0.2, -0.15) is 0 Å². The summed E-state index contributed by atoms with van der Waals surface area (Å²) in [4.78, 5) is 18.0. The van der Waals surface area contributed by atoms with Crippen LogP contribution in [0.5, 0.6) is 0 Å². The van der Waals surface area contributed by atoms with Gasteiger partial charge < -0.3 is 14.6 Å². The first kappa shape index (κ1) is 14.6. The Morgan fingerprint density at radius 3 is 2.80 bits per heavy atom. The molecule has 0 aliphatic carbocycles. The number of rotatable bonds is 4. The molecule has 1 aliphatic heterocycles. The van der Waals surface area contributed by atoms with Crippen molar-refractivity contribution in [1.29, 1.82) is 0 Å². The minimum atomic E-state index is -0.223. The summed E-state index contributed by atoms with van der Waals surface area (Å²) in [5, 5.41) is 0. The van der Waals surface area contributed by atoms with Crippen LogP contribution in [0.4, 0.5) is 4.79 Å².